The molecule has 5 heteroatoms. The summed E-state index contributed by atoms with van der Waals surface area (Å²) in [6.45, 7) is 21.8. The van der Waals surface area contributed by atoms with E-state index in [9.17, 15) is 0 Å². The van der Waals surface area contributed by atoms with Crippen molar-refractivity contribution in [1.29, 1.82) is 0 Å². The number of fused-ring (bicyclic) bond motifs is 14. The average molecular weight is 1000 g/mol. The number of nitrogens with one attached hydrogen (secondary N) is 1. The highest BCUT2D eigenvalue weighted by molar-refractivity contribution is 7.23. The molecule has 4 heterocycles. The molecule has 3 aliphatic rings. The number of benzene rings is 9. The second kappa shape index (κ2) is 15.7. The number of aromatic nitrogens is 1. The van der Waals surface area contributed by atoms with Gasteiger partial charge in [0, 0.05) is 76.0 Å². The molecule has 1 aliphatic heterocycles. The molecule has 3 aromatic heterocycles. The zero-order valence-electron chi connectivity index (χ0n) is 45.1. The van der Waals surface area contributed by atoms with Crippen LogP contribution in [0.25, 0.3) is 103 Å². The number of hydrogen-bond donors (Lipinski definition) is 1. The van der Waals surface area contributed by atoms with Crippen molar-refractivity contribution in [2.75, 3.05) is 5.32 Å². The van der Waals surface area contributed by atoms with E-state index in [-0.39, 0.29) is 21.7 Å². The second-order valence-electron chi connectivity index (χ2n) is 25.2. The van der Waals surface area contributed by atoms with Crippen LogP contribution >= 0.6 is 11.3 Å². The average Bonchev–Trinajstić information content (AvgIpc) is 4.32. The van der Waals surface area contributed by atoms with Crippen molar-refractivity contribution in [1.82, 2.24) is 4.57 Å². The number of para-hydroxylation sites is 1. The highest BCUT2D eigenvalue weighted by Gasteiger charge is 2.45. The zero-order chi connectivity index (χ0) is 51.8. The van der Waals surface area contributed by atoms with Crippen LogP contribution in [0.2, 0.25) is 0 Å². The predicted octanol–water partition coefficient (Wildman–Crippen LogP) is 18.3. The Balaban J connectivity index is 1.12. The molecule has 1 N–H and O–H groups in total. The minimum Gasteiger partial charge on any atom is -0.456 e. The number of rotatable bonds is 5. The Morgan fingerprint density at radius 1 is 0.566 bits per heavy atom. The molecular weight excluding hydrogens is 940 g/mol. The number of anilines is 2. The summed E-state index contributed by atoms with van der Waals surface area (Å²) in [5, 5.41) is 10.4. The van der Waals surface area contributed by atoms with E-state index in [1.165, 1.54) is 120 Å². The maximum Gasteiger partial charge on any atom is 0.198 e. The molecule has 0 radical (unpaired) electrons. The van der Waals surface area contributed by atoms with Gasteiger partial charge in [-0.2, -0.15) is 0 Å². The minimum atomic E-state index is -0.311. The van der Waals surface area contributed by atoms with Crippen molar-refractivity contribution < 1.29 is 4.42 Å². The fraction of sp³-hybridized carbons (Fsp3) is 0.211. The van der Waals surface area contributed by atoms with Crippen molar-refractivity contribution in [3.8, 4) is 49.5 Å². The van der Waals surface area contributed by atoms with E-state index in [2.05, 4.69) is 242 Å². The van der Waals surface area contributed by atoms with Gasteiger partial charge in [0.15, 0.2) is 7.28 Å². The Morgan fingerprint density at radius 3 is 1.97 bits per heavy atom. The second-order valence-corrected chi connectivity index (χ2v) is 26.2. The molecule has 12 aromatic rings. The Hall–Kier alpha value is -7.60. The molecule has 0 fully saturated rings. The smallest absolute Gasteiger partial charge is 0.198 e. The third kappa shape index (κ3) is 6.48. The molecule has 370 valence electrons. The SMILES string of the molecule is CC(C)(C)c1ccc(Nc2cc3oc4ccccc4c3cc2-c2c3c(c4c5cc6c(cc5n5c4c2Bc2cc4sc(-c7ccccc7)c(-c7ccccc7)c4cc2-5)C(C)(C)CCC6(C)C)C(C)(C)c2ccccc2-3)cc1. The van der Waals surface area contributed by atoms with E-state index in [0.717, 1.165) is 53.4 Å². The van der Waals surface area contributed by atoms with E-state index in [4.69, 9.17) is 4.42 Å². The van der Waals surface area contributed by atoms with Gasteiger partial charge in [-0.3, -0.25) is 0 Å². The van der Waals surface area contributed by atoms with Crippen LogP contribution in [0.3, 0.4) is 0 Å². The highest BCUT2D eigenvalue weighted by atomic mass is 32.1. The molecule has 2 aliphatic carbocycles. The number of nitrogens with zero attached hydrogens (tertiary/aromatic N) is 1. The summed E-state index contributed by atoms with van der Waals surface area (Å²) in [5.74, 6) is 0. The van der Waals surface area contributed by atoms with Gasteiger partial charge in [0.05, 0.1) is 11.2 Å². The Morgan fingerprint density at radius 2 is 1.24 bits per heavy atom. The summed E-state index contributed by atoms with van der Waals surface area (Å²) in [7, 11) is 0.781. The van der Waals surface area contributed by atoms with Gasteiger partial charge in [-0.05, 0) is 139 Å². The monoisotopic (exact) mass is 1000 g/mol. The predicted molar refractivity (Wildman–Crippen MR) is 327 cm³/mol. The Labute approximate surface area is 450 Å². The van der Waals surface area contributed by atoms with Crippen LogP contribution in [-0.4, -0.2) is 11.8 Å². The van der Waals surface area contributed by atoms with Crippen LogP contribution in [0, 0.1) is 0 Å². The first kappa shape index (κ1) is 45.8. The molecule has 0 spiro atoms. The number of thiophene rings is 1. The van der Waals surface area contributed by atoms with Crippen LogP contribution in [0.5, 0.6) is 0 Å². The summed E-state index contributed by atoms with van der Waals surface area (Å²) in [6.07, 6.45) is 2.31. The van der Waals surface area contributed by atoms with E-state index in [1.807, 2.05) is 11.3 Å². The molecule has 0 atom stereocenters. The third-order valence-corrected chi connectivity index (χ3v) is 19.4. The van der Waals surface area contributed by atoms with Crippen molar-refractivity contribution in [2.45, 2.75) is 96.8 Å². The van der Waals surface area contributed by atoms with Crippen LogP contribution in [-0.2, 0) is 21.7 Å². The van der Waals surface area contributed by atoms with E-state index in [0.29, 0.717) is 0 Å². The van der Waals surface area contributed by atoms with Gasteiger partial charge in [0.1, 0.15) is 11.2 Å². The molecular formula is C71H61BN2OS. The van der Waals surface area contributed by atoms with Crippen molar-refractivity contribution in [2.24, 2.45) is 0 Å². The molecule has 0 saturated carbocycles. The lowest BCUT2D eigenvalue weighted by Gasteiger charge is -2.42. The first-order chi connectivity index (χ1) is 36.5. The fourth-order valence-corrected chi connectivity index (χ4v) is 15.4. The van der Waals surface area contributed by atoms with Crippen LogP contribution in [0.15, 0.2) is 174 Å². The molecule has 0 amide bonds. The standard InChI is InChI=1S/C71H61BN2OS/c1-68(2,3)42-28-30-43(31-29-42)73-54-39-58-46(44-24-17-19-27-57(44)75-58)34-47(54)62-61-45-25-16-18-26-50(45)71(8,9)64(61)63-48-35-51-52(70(6,7)33-32-69(51,4)5)37-55(48)74-56-36-49-59(38-53(56)72-65(62)66(63)74)76-67(41-22-14-11-15-23-41)60(49)40-20-12-10-13-21-40/h10-31,34-39,72-73H,32-33H2,1-9H3. The third-order valence-electron chi connectivity index (χ3n) is 18.2. The van der Waals surface area contributed by atoms with Crippen molar-refractivity contribution in [3.05, 3.63) is 198 Å². The van der Waals surface area contributed by atoms with E-state index in [1.54, 1.807) is 0 Å². The lowest BCUT2D eigenvalue weighted by atomic mass is 9.57. The van der Waals surface area contributed by atoms with Gasteiger partial charge < -0.3 is 14.3 Å². The van der Waals surface area contributed by atoms with E-state index < -0.39 is 0 Å². The molecule has 0 unspecified atom stereocenters. The molecule has 0 saturated heterocycles. The lowest BCUT2D eigenvalue weighted by molar-refractivity contribution is 0.332. The molecule has 3 nitrogen and oxygen atoms in total. The van der Waals surface area contributed by atoms with Gasteiger partial charge in [-0.25, -0.2) is 0 Å². The molecule has 0 bridgehead atoms. The first-order valence-electron chi connectivity index (χ1n) is 27.4. The largest absolute Gasteiger partial charge is 0.456 e. The van der Waals surface area contributed by atoms with Gasteiger partial charge in [-0.1, -0.05) is 183 Å². The Kier molecular flexibility index (Phi) is 9.48. The van der Waals surface area contributed by atoms with Crippen LogP contribution in [0.1, 0.15) is 103 Å². The minimum absolute atomic E-state index is 0.0233. The van der Waals surface area contributed by atoms with Crippen LogP contribution in [0.4, 0.5) is 11.4 Å². The summed E-state index contributed by atoms with van der Waals surface area (Å²) in [4.78, 5) is 1.31. The fourth-order valence-electron chi connectivity index (χ4n) is 14.1. The quantitative estimate of drug-likeness (QED) is 0.174. The molecule has 15 rings (SSSR count). The number of hydrogen-bond acceptors (Lipinski definition) is 3. The Bertz CT molecular complexity index is 4440. The van der Waals surface area contributed by atoms with Crippen LogP contribution < -0.4 is 16.2 Å². The lowest BCUT2D eigenvalue weighted by Crippen LogP contribution is -2.38. The van der Waals surface area contributed by atoms with E-state index >= 15 is 0 Å². The van der Waals surface area contributed by atoms with Crippen molar-refractivity contribution in [3.63, 3.8) is 0 Å². The zero-order valence-corrected chi connectivity index (χ0v) is 45.9. The van der Waals surface area contributed by atoms with Gasteiger partial charge in [0.2, 0.25) is 0 Å². The maximum atomic E-state index is 6.77. The normalized spacial score (nSPS) is 15.8. The summed E-state index contributed by atoms with van der Waals surface area (Å²) >= 11 is 1.93. The topological polar surface area (TPSA) is 30.1 Å². The van der Waals surface area contributed by atoms with Gasteiger partial charge in [0.25, 0.3) is 0 Å². The number of furan rings is 1. The first-order valence-corrected chi connectivity index (χ1v) is 28.2. The van der Waals surface area contributed by atoms with Crippen molar-refractivity contribution >= 4 is 94.7 Å². The summed E-state index contributed by atoms with van der Waals surface area (Å²) in [5.41, 5.74) is 26.4. The molecule has 76 heavy (non-hydrogen) atoms. The summed E-state index contributed by atoms with van der Waals surface area (Å²) < 4.78 is 10.8. The van der Waals surface area contributed by atoms with Gasteiger partial charge in [-0.15, -0.1) is 11.3 Å². The molecule has 9 aromatic carbocycles. The van der Waals surface area contributed by atoms with Gasteiger partial charge >= 0.3 is 0 Å². The maximum absolute atomic E-state index is 6.77. The summed E-state index contributed by atoms with van der Waals surface area (Å²) in [6, 6.07) is 64.3. The highest BCUT2D eigenvalue weighted by Crippen LogP contribution is 2.59.